The van der Waals surface area contributed by atoms with E-state index in [1.165, 1.54) is 0 Å². The van der Waals surface area contributed by atoms with Gasteiger partial charge in [-0.1, -0.05) is 18.2 Å². The lowest BCUT2D eigenvalue weighted by atomic mass is 10.1. The normalized spacial score (nSPS) is 23.1. The maximum absolute atomic E-state index is 12.8. The Bertz CT molecular complexity index is 696. The summed E-state index contributed by atoms with van der Waals surface area (Å²) in [4.78, 5) is 14.7. The number of hydrogen-bond donors (Lipinski definition) is 0. The maximum atomic E-state index is 12.8. The van der Waals surface area contributed by atoms with Crippen LogP contribution >= 0.6 is 0 Å². The second kappa shape index (κ2) is 6.69. The van der Waals surface area contributed by atoms with Crippen molar-refractivity contribution in [1.29, 1.82) is 0 Å². The monoisotopic (exact) mass is 327 g/mol. The van der Waals surface area contributed by atoms with E-state index < -0.39 is 0 Å². The first-order valence-electron chi connectivity index (χ1n) is 8.50. The van der Waals surface area contributed by atoms with Gasteiger partial charge in [-0.05, 0) is 43.5 Å². The highest BCUT2D eigenvalue weighted by Gasteiger charge is 2.39. The fourth-order valence-corrected chi connectivity index (χ4v) is 3.56. The van der Waals surface area contributed by atoms with Crippen LogP contribution in [0.5, 0.6) is 5.75 Å². The van der Waals surface area contributed by atoms with Crippen LogP contribution in [0.4, 0.5) is 0 Å². The van der Waals surface area contributed by atoms with Crippen molar-refractivity contribution in [3.05, 3.63) is 54.0 Å². The number of amides is 1. The standard InChI is InChI=1S/C19H21NO4/c21-19(20-11-12-22-17-8-4-7-16(17)20)18-10-9-15(24-18)13-23-14-5-2-1-3-6-14/h1-3,5-6,9-10,16-17H,4,7-8,11-13H2/t16-,17-/m0/s1. The van der Waals surface area contributed by atoms with Gasteiger partial charge >= 0.3 is 0 Å². The molecule has 4 rings (SSSR count). The van der Waals surface area contributed by atoms with Gasteiger partial charge in [-0.3, -0.25) is 4.79 Å². The number of nitrogens with zero attached hydrogens (tertiary/aromatic N) is 1. The van der Waals surface area contributed by atoms with E-state index in [4.69, 9.17) is 13.9 Å². The van der Waals surface area contributed by atoms with E-state index in [0.29, 0.717) is 31.3 Å². The summed E-state index contributed by atoms with van der Waals surface area (Å²) in [6, 6.07) is 13.3. The molecule has 1 aromatic heterocycles. The van der Waals surface area contributed by atoms with E-state index in [2.05, 4.69) is 0 Å². The van der Waals surface area contributed by atoms with Gasteiger partial charge in [-0.2, -0.15) is 0 Å². The van der Waals surface area contributed by atoms with Gasteiger partial charge < -0.3 is 18.8 Å². The number of morpholine rings is 1. The zero-order chi connectivity index (χ0) is 16.4. The number of carbonyl (C=O) groups excluding carboxylic acids is 1. The Morgan fingerprint density at radius 1 is 1.17 bits per heavy atom. The zero-order valence-electron chi connectivity index (χ0n) is 13.5. The van der Waals surface area contributed by atoms with Gasteiger partial charge in [0.2, 0.25) is 0 Å². The molecular weight excluding hydrogens is 306 g/mol. The molecule has 0 unspecified atom stereocenters. The first-order valence-corrected chi connectivity index (χ1v) is 8.50. The minimum absolute atomic E-state index is 0.0406. The van der Waals surface area contributed by atoms with Gasteiger partial charge in [0.15, 0.2) is 5.76 Å². The Labute approximate surface area is 141 Å². The molecule has 0 spiro atoms. The van der Waals surface area contributed by atoms with Crippen LogP contribution in [0, 0.1) is 0 Å². The minimum atomic E-state index is -0.0406. The lowest BCUT2D eigenvalue weighted by Gasteiger charge is -2.37. The van der Waals surface area contributed by atoms with Crippen molar-refractivity contribution >= 4 is 5.91 Å². The molecule has 2 heterocycles. The molecule has 1 aliphatic carbocycles. The highest BCUT2D eigenvalue weighted by Crippen LogP contribution is 2.30. The molecule has 126 valence electrons. The Morgan fingerprint density at radius 3 is 2.92 bits per heavy atom. The Balaban J connectivity index is 1.41. The average Bonchev–Trinajstić information content (AvgIpc) is 3.29. The van der Waals surface area contributed by atoms with Gasteiger partial charge in [0.1, 0.15) is 18.1 Å². The second-order valence-electron chi connectivity index (χ2n) is 6.27. The Hall–Kier alpha value is -2.27. The minimum Gasteiger partial charge on any atom is -0.486 e. The van der Waals surface area contributed by atoms with Crippen LogP contribution in [-0.2, 0) is 11.3 Å². The smallest absolute Gasteiger partial charge is 0.289 e. The fraction of sp³-hybridized carbons (Fsp3) is 0.421. The van der Waals surface area contributed by atoms with Crippen molar-refractivity contribution in [2.24, 2.45) is 0 Å². The van der Waals surface area contributed by atoms with E-state index in [-0.39, 0.29) is 18.1 Å². The summed E-state index contributed by atoms with van der Waals surface area (Å²) in [5.74, 6) is 1.78. The molecule has 5 nitrogen and oxygen atoms in total. The molecule has 1 aromatic carbocycles. The summed E-state index contributed by atoms with van der Waals surface area (Å²) in [6.07, 6.45) is 3.37. The van der Waals surface area contributed by atoms with Gasteiger partial charge in [0.05, 0.1) is 18.8 Å². The van der Waals surface area contributed by atoms with E-state index >= 15 is 0 Å². The molecule has 2 fully saturated rings. The van der Waals surface area contributed by atoms with Crippen molar-refractivity contribution in [3.8, 4) is 5.75 Å². The molecule has 1 aliphatic heterocycles. The molecule has 2 aliphatic rings. The SMILES string of the molecule is O=C(c1ccc(COc2ccccc2)o1)N1CCO[C@H]2CCC[C@@H]21. The molecule has 0 N–H and O–H groups in total. The maximum Gasteiger partial charge on any atom is 0.289 e. The first kappa shape index (κ1) is 15.3. The van der Waals surface area contributed by atoms with Crippen LogP contribution in [0.2, 0.25) is 0 Å². The second-order valence-corrected chi connectivity index (χ2v) is 6.27. The van der Waals surface area contributed by atoms with Crippen molar-refractivity contribution in [2.45, 2.75) is 38.0 Å². The van der Waals surface area contributed by atoms with Gasteiger partial charge in [-0.25, -0.2) is 0 Å². The average molecular weight is 327 g/mol. The summed E-state index contributed by atoms with van der Waals surface area (Å²) in [6.45, 7) is 1.56. The molecule has 1 amide bonds. The lowest BCUT2D eigenvalue weighted by molar-refractivity contribution is -0.0454. The molecule has 2 aromatic rings. The topological polar surface area (TPSA) is 51.9 Å². The molecule has 5 heteroatoms. The number of ether oxygens (including phenoxy) is 2. The van der Waals surface area contributed by atoms with Crippen LogP contribution in [0.25, 0.3) is 0 Å². The Morgan fingerprint density at radius 2 is 2.04 bits per heavy atom. The number of furan rings is 1. The summed E-state index contributed by atoms with van der Waals surface area (Å²) in [5.41, 5.74) is 0. The largest absolute Gasteiger partial charge is 0.486 e. The third-order valence-corrected chi connectivity index (χ3v) is 4.74. The molecule has 0 radical (unpaired) electrons. The number of benzene rings is 1. The van der Waals surface area contributed by atoms with Crippen LogP contribution in [-0.4, -0.2) is 36.1 Å². The molecule has 24 heavy (non-hydrogen) atoms. The third kappa shape index (κ3) is 3.04. The summed E-state index contributed by atoms with van der Waals surface area (Å²) >= 11 is 0. The quantitative estimate of drug-likeness (QED) is 0.865. The first-order chi connectivity index (χ1) is 11.8. The third-order valence-electron chi connectivity index (χ3n) is 4.74. The predicted molar refractivity (Wildman–Crippen MR) is 87.9 cm³/mol. The van der Waals surface area contributed by atoms with Crippen molar-refractivity contribution < 1.29 is 18.7 Å². The number of hydrogen-bond acceptors (Lipinski definition) is 4. The highest BCUT2D eigenvalue weighted by atomic mass is 16.5. The summed E-state index contributed by atoms with van der Waals surface area (Å²) in [7, 11) is 0. The summed E-state index contributed by atoms with van der Waals surface area (Å²) < 4.78 is 17.1. The van der Waals surface area contributed by atoms with E-state index in [1.54, 1.807) is 6.07 Å². The van der Waals surface area contributed by atoms with Gasteiger partial charge in [0, 0.05) is 6.54 Å². The number of rotatable bonds is 4. The van der Waals surface area contributed by atoms with Crippen LogP contribution < -0.4 is 4.74 Å². The van der Waals surface area contributed by atoms with E-state index in [9.17, 15) is 4.79 Å². The van der Waals surface area contributed by atoms with E-state index in [1.807, 2.05) is 41.3 Å². The van der Waals surface area contributed by atoms with Gasteiger partial charge in [-0.15, -0.1) is 0 Å². The molecule has 2 atom stereocenters. The number of carbonyl (C=O) groups is 1. The molecular formula is C19H21NO4. The van der Waals surface area contributed by atoms with Crippen LogP contribution in [0.1, 0.15) is 35.6 Å². The van der Waals surface area contributed by atoms with Crippen LogP contribution in [0.3, 0.4) is 0 Å². The van der Waals surface area contributed by atoms with Crippen molar-refractivity contribution in [3.63, 3.8) is 0 Å². The Kier molecular flexibility index (Phi) is 4.26. The predicted octanol–water partition coefficient (Wildman–Crippen LogP) is 3.25. The summed E-state index contributed by atoms with van der Waals surface area (Å²) in [5, 5.41) is 0. The molecule has 1 saturated heterocycles. The zero-order valence-corrected chi connectivity index (χ0v) is 13.5. The van der Waals surface area contributed by atoms with Gasteiger partial charge in [0.25, 0.3) is 5.91 Å². The number of para-hydroxylation sites is 1. The number of fused-ring (bicyclic) bond motifs is 1. The van der Waals surface area contributed by atoms with Crippen molar-refractivity contribution in [2.75, 3.05) is 13.2 Å². The van der Waals surface area contributed by atoms with Crippen molar-refractivity contribution in [1.82, 2.24) is 4.90 Å². The molecule has 0 bridgehead atoms. The van der Waals surface area contributed by atoms with E-state index in [0.717, 1.165) is 25.0 Å². The fourth-order valence-electron chi connectivity index (χ4n) is 3.56. The molecule has 1 saturated carbocycles. The van der Waals surface area contributed by atoms with Crippen LogP contribution in [0.15, 0.2) is 46.9 Å². The lowest BCUT2D eigenvalue weighted by Crippen LogP contribution is -2.51. The highest BCUT2D eigenvalue weighted by molar-refractivity contribution is 5.92.